The Labute approximate surface area is 104 Å². The van der Waals surface area contributed by atoms with Crippen molar-refractivity contribution in [3.8, 4) is 0 Å². The molecule has 16 heavy (non-hydrogen) atoms. The van der Waals surface area contributed by atoms with E-state index in [0.717, 1.165) is 24.4 Å². The summed E-state index contributed by atoms with van der Waals surface area (Å²) in [7, 11) is 0. The van der Waals surface area contributed by atoms with Crippen LogP contribution in [0.1, 0.15) is 25.8 Å². The summed E-state index contributed by atoms with van der Waals surface area (Å²) in [6.45, 7) is 9.17. The van der Waals surface area contributed by atoms with Gasteiger partial charge >= 0.3 is 0 Å². The summed E-state index contributed by atoms with van der Waals surface area (Å²) in [4.78, 5) is 0. The molecule has 1 aromatic carbocycles. The van der Waals surface area contributed by atoms with Gasteiger partial charge in [0.05, 0.1) is 0 Å². The highest BCUT2D eigenvalue weighted by Gasteiger charge is 2.08. The first-order valence-electron chi connectivity index (χ1n) is 5.74. The Bertz CT molecular complexity index is 329. The van der Waals surface area contributed by atoms with Crippen molar-refractivity contribution in [2.45, 2.75) is 32.7 Å². The average Bonchev–Trinajstić information content (AvgIpc) is 2.21. The van der Waals surface area contributed by atoms with E-state index in [0.29, 0.717) is 6.04 Å². The summed E-state index contributed by atoms with van der Waals surface area (Å²) in [5, 5.41) is 4.28. The molecule has 0 aliphatic rings. The highest BCUT2D eigenvalue weighted by Crippen LogP contribution is 2.13. The van der Waals surface area contributed by atoms with Crippen molar-refractivity contribution in [1.29, 1.82) is 0 Å². The molecule has 0 bridgehead atoms. The molecule has 0 heterocycles. The first-order chi connectivity index (χ1) is 7.61. The quantitative estimate of drug-likeness (QED) is 0.742. The third kappa shape index (κ3) is 4.82. The summed E-state index contributed by atoms with van der Waals surface area (Å²) in [6.07, 6.45) is 2.05. The Balaban J connectivity index is 2.59. The van der Waals surface area contributed by atoms with Crippen LogP contribution in [0.3, 0.4) is 0 Å². The fourth-order valence-corrected chi connectivity index (χ4v) is 1.96. The molecule has 1 nitrogen and oxygen atoms in total. The van der Waals surface area contributed by atoms with Gasteiger partial charge in [-0.3, -0.25) is 0 Å². The first kappa shape index (κ1) is 13.3. The van der Waals surface area contributed by atoms with Crippen LogP contribution in [-0.4, -0.2) is 12.6 Å². The molecule has 1 atom stereocenters. The second-order valence-electron chi connectivity index (χ2n) is 4.25. The smallest absolute Gasteiger partial charge is 0.0406 e. The molecule has 1 unspecified atom stereocenters. The minimum atomic E-state index is 0.476. The van der Waals surface area contributed by atoms with Crippen LogP contribution in [0.2, 0.25) is 5.02 Å². The van der Waals surface area contributed by atoms with Gasteiger partial charge in [-0.05, 0) is 44.0 Å². The minimum Gasteiger partial charge on any atom is -0.314 e. The van der Waals surface area contributed by atoms with E-state index < -0.39 is 0 Å². The largest absolute Gasteiger partial charge is 0.314 e. The Morgan fingerprint density at radius 1 is 1.38 bits per heavy atom. The molecule has 0 fully saturated rings. The van der Waals surface area contributed by atoms with Crippen molar-refractivity contribution in [3.05, 3.63) is 47.0 Å². The van der Waals surface area contributed by atoms with Crippen LogP contribution in [0.4, 0.5) is 0 Å². The Hall–Kier alpha value is -0.790. The zero-order chi connectivity index (χ0) is 12.0. The lowest BCUT2D eigenvalue weighted by Crippen LogP contribution is -2.31. The number of hydrogen-bond acceptors (Lipinski definition) is 1. The third-order valence-corrected chi connectivity index (χ3v) is 2.73. The predicted octanol–water partition coefficient (Wildman–Crippen LogP) is 3.83. The maximum absolute atomic E-state index is 5.86. The van der Waals surface area contributed by atoms with E-state index in [-0.39, 0.29) is 0 Å². The lowest BCUT2D eigenvalue weighted by Gasteiger charge is -2.18. The fraction of sp³-hybridized carbons (Fsp3) is 0.429. The third-order valence-electron chi connectivity index (χ3n) is 2.48. The number of nitrogens with one attached hydrogen (secondary N) is 1. The molecule has 1 rings (SSSR count). The van der Waals surface area contributed by atoms with E-state index in [2.05, 4.69) is 37.9 Å². The van der Waals surface area contributed by atoms with Gasteiger partial charge < -0.3 is 5.32 Å². The van der Waals surface area contributed by atoms with Gasteiger partial charge in [0.15, 0.2) is 0 Å². The van der Waals surface area contributed by atoms with Crippen LogP contribution in [0.15, 0.2) is 36.4 Å². The molecular formula is C14H20ClN. The molecule has 2 heteroatoms. The molecule has 0 aliphatic heterocycles. The molecule has 0 aromatic heterocycles. The minimum absolute atomic E-state index is 0.476. The maximum atomic E-state index is 5.86. The van der Waals surface area contributed by atoms with Crippen LogP contribution in [0.5, 0.6) is 0 Å². The van der Waals surface area contributed by atoms with Gasteiger partial charge in [0.25, 0.3) is 0 Å². The van der Waals surface area contributed by atoms with Gasteiger partial charge in [-0.15, -0.1) is 6.58 Å². The second kappa shape index (κ2) is 6.72. The van der Waals surface area contributed by atoms with E-state index in [4.69, 9.17) is 11.6 Å². The van der Waals surface area contributed by atoms with E-state index in [1.54, 1.807) is 0 Å². The topological polar surface area (TPSA) is 12.0 Å². The van der Waals surface area contributed by atoms with Gasteiger partial charge in [-0.1, -0.05) is 36.2 Å². The molecule has 1 N–H and O–H groups in total. The van der Waals surface area contributed by atoms with Crippen LogP contribution < -0.4 is 5.32 Å². The van der Waals surface area contributed by atoms with E-state index in [1.807, 2.05) is 12.1 Å². The number of likely N-dealkylation sites (N-methyl/N-ethyl adjacent to an activating group) is 1. The molecule has 0 amide bonds. The molecule has 1 aromatic rings. The van der Waals surface area contributed by atoms with Crippen LogP contribution in [0, 0.1) is 0 Å². The lowest BCUT2D eigenvalue weighted by atomic mass is 10.0. The lowest BCUT2D eigenvalue weighted by molar-refractivity contribution is 0.520. The summed E-state index contributed by atoms with van der Waals surface area (Å²) < 4.78 is 0. The molecule has 0 spiro atoms. The van der Waals surface area contributed by atoms with Crippen molar-refractivity contribution in [3.63, 3.8) is 0 Å². The Kier molecular flexibility index (Phi) is 5.58. The number of halogens is 1. The summed E-state index contributed by atoms with van der Waals surface area (Å²) in [5.74, 6) is 0. The highest BCUT2D eigenvalue weighted by atomic mass is 35.5. The molecule has 0 aliphatic carbocycles. The summed E-state index contributed by atoms with van der Waals surface area (Å²) in [6, 6.07) is 8.54. The Morgan fingerprint density at radius 2 is 2.00 bits per heavy atom. The van der Waals surface area contributed by atoms with Crippen molar-refractivity contribution in [2.75, 3.05) is 6.54 Å². The number of rotatable bonds is 6. The van der Waals surface area contributed by atoms with Crippen molar-refractivity contribution in [1.82, 2.24) is 5.32 Å². The first-order valence-corrected chi connectivity index (χ1v) is 6.11. The molecular weight excluding hydrogens is 218 g/mol. The second-order valence-corrected chi connectivity index (χ2v) is 4.68. The SMILES string of the molecule is C=C(C)CC(Cc1ccc(Cl)cc1)NCC. The highest BCUT2D eigenvalue weighted by molar-refractivity contribution is 6.30. The van der Waals surface area contributed by atoms with Crippen molar-refractivity contribution >= 4 is 11.6 Å². The fourth-order valence-electron chi connectivity index (χ4n) is 1.83. The normalized spacial score (nSPS) is 12.4. The molecule has 0 saturated carbocycles. The average molecular weight is 238 g/mol. The maximum Gasteiger partial charge on any atom is 0.0406 e. The zero-order valence-electron chi connectivity index (χ0n) is 10.1. The van der Waals surface area contributed by atoms with Crippen LogP contribution >= 0.6 is 11.6 Å². The summed E-state index contributed by atoms with van der Waals surface area (Å²) in [5.41, 5.74) is 2.54. The number of hydrogen-bond donors (Lipinski definition) is 1. The van der Waals surface area contributed by atoms with Gasteiger partial charge in [0, 0.05) is 11.1 Å². The molecule has 0 saturated heterocycles. The van der Waals surface area contributed by atoms with Gasteiger partial charge in [-0.25, -0.2) is 0 Å². The standard InChI is InChI=1S/C14H20ClN/c1-4-16-14(9-11(2)3)10-12-5-7-13(15)8-6-12/h5-8,14,16H,2,4,9-10H2,1,3H3. The van der Waals surface area contributed by atoms with E-state index >= 15 is 0 Å². The van der Waals surface area contributed by atoms with Gasteiger partial charge in [0.1, 0.15) is 0 Å². The van der Waals surface area contributed by atoms with Gasteiger partial charge in [-0.2, -0.15) is 0 Å². The number of benzene rings is 1. The van der Waals surface area contributed by atoms with E-state index in [9.17, 15) is 0 Å². The van der Waals surface area contributed by atoms with Crippen LogP contribution in [-0.2, 0) is 6.42 Å². The monoisotopic (exact) mass is 237 g/mol. The van der Waals surface area contributed by atoms with Crippen molar-refractivity contribution < 1.29 is 0 Å². The molecule has 88 valence electrons. The van der Waals surface area contributed by atoms with Crippen LogP contribution in [0.25, 0.3) is 0 Å². The van der Waals surface area contributed by atoms with Crippen molar-refractivity contribution in [2.24, 2.45) is 0 Å². The Morgan fingerprint density at radius 3 is 2.50 bits per heavy atom. The van der Waals surface area contributed by atoms with Gasteiger partial charge in [0.2, 0.25) is 0 Å². The zero-order valence-corrected chi connectivity index (χ0v) is 10.8. The predicted molar refractivity (Wildman–Crippen MR) is 72.1 cm³/mol. The summed E-state index contributed by atoms with van der Waals surface area (Å²) >= 11 is 5.86. The molecule has 0 radical (unpaired) electrons. The van der Waals surface area contributed by atoms with E-state index in [1.165, 1.54) is 11.1 Å².